The van der Waals surface area contributed by atoms with Crippen LogP contribution in [0.5, 0.6) is 5.75 Å². The van der Waals surface area contributed by atoms with Gasteiger partial charge in [-0.3, -0.25) is 4.99 Å². The molecule has 0 saturated heterocycles. The number of hydrogen-bond acceptors (Lipinski definition) is 3. The van der Waals surface area contributed by atoms with E-state index in [4.69, 9.17) is 4.99 Å². The Labute approximate surface area is 182 Å². The Kier molecular flexibility index (Phi) is 4.27. The first-order valence-electron chi connectivity index (χ1n) is 11.4. The number of aromatic nitrogens is 1. The second kappa shape index (κ2) is 7.16. The highest BCUT2D eigenvalue weighted by Gasteiger charge is 2.27. The number of phenolic OH excluding ortho intramolecular Hbond substituents is 1. The zero-order valence-electron chi connectivity index (χ0n) is 17.9. The molecule has 0 saturated carbocycles. The minimum atomic E-state index is 0.415. The number of aryl methyl sites for hydroxylation is 2. The third kappa shape index (κ3) is 2.85. The fourth-order valence-electron chi connectivity index (χ4n) is 5.57. The van der Waals surface area contributed by atoms with Crippen LogP contribution in [0.15, 0.2) is 53.5 Å². The molecule has 31 heavy (non-hydrogen) atoms. The quantitative estimate of drug-likeness (QED) is 0.424. The lowest BCUT2D eigenvalue weighted by molar-refractivity contribution is 0.461. The molecule has 6 rings (SSSR count). The third-order valence-electron chi connectivity index (χ3n) is 6.95. The van der Waals surface area contributed by atoms with Crippen molar-refractivity contribution in [3.05, 3.63) is 65.2 Å². The Morgan fingerprint density at radius 3 is 2.65 bits per heavy atom. The lowest BCUT2D eigenvalue weighted by atomic mass is 9.89. The predicted molar refractivity (Wildman–Crippen MR) is 129 cm³/mol. The van der Waals surface area contributed by atoms with E-state index < -0.39 is 0 Å². The molecule has 2 aliphatic heterocycles. The summed E-state index contributed by atoms with van der Waals surface area (Å²) in [7, 11) is 0. The van der Waals surface area contributed by atoms with E-state index >= 15 is 0 Å². The fourth-order valence-corrected chi connectivity index (χ4v) is 5.57. The van der Waals surface area contributed by atoms with Crippen LogP contribution in [0.25, 0.3) is 21.8 Å². The van der Waals surface area contributed by atoms with Crippen LogP contribution in [-0.2, 0) is 19.4 Å². The molecule has 0 spiro atoms. The summed E-state index contributed by atoms with van der Waals surface area (Å²) in [4.78, 5) is 7.24. The van der Waals surface area contributed by atoms with Crippen molar-refractivity contribution in [2.24, 2.45) is 4.99 Å². The molecular formula is C27H27N3O. The molecule has 4 nitrogen and oxygen atoms in total. The Balaban J connectivity index is 1.43. The third-order valence-corrected chi connectivity index (χ3v) is 6.95. The molecule has 0 aliphatic carbocycles. The van der Waals surface area contributed by atoms with Crippen LogP contribution in [-0.4, -0.2) is 29.0 Å². The van der Waals surface area contributed by atoms with Gasteiger partial charge in [0.05, 0.1) is 5.69 Å². The maximum atomic E-state index is 11.0. The number of aliphatic imine (C=N–C) groups is 1. The molecule has 0 radical (unpaired) electrons. The van der Waals surface area contributed by atoms with Crippen LogP contribution in [0.1, 0.15) is 36.5 Å². The first-order valence-corrected chi connectivity index (χ1v) is 11.4. The van der Waals surface area contributed by atoms with E-state index in [2.05, 4.69) is 64.9 Å². The van der Waals surface area contributed by atoms with Crippen molar-refractivity contribution in [3.63, 3.8) is 0 Å². The minimum Gasteiger partial charge on any atom is -0.507 e. The van der Waals surface area contributed by atoms with Crippen LogP contribution in [0.2, 0.25) is 0 Å². The summed E-state index contributed by atoms with van der Waals surface area (Å²) in [5, 5.41) is 13.5. The molecule has 0 amide bonds. The van der Waals surface area contributed by atoms with Gasteiger partial charge in [-0.2, -0.15) is 0 Å². The summed E-state index contributed by atoms with van der Waals surface area (Å²) in [5.41, 5.74) is 8.03. The molecule has 1 aromatic heterocycles. The molecule has 0 atom stereocenters. The van der Waals surface area contributed by atoms with Gasteiger partial charge in [0.25, 0.3) is 0 Å². The number of benzene rings is 3. The van der Waals surface area contributed by atoms with E-state index in [1.807, 2.05) is 6.21 Å². The Hall–Kier alpha value is -3.27. The number of para-hydroxylation sites is 1. The van der Waals surface area contributed by atoms with Crippen molar-refractivity contribution in [2.45, 2.75) is 39.2 Å². The number of anilines is 1. The molecule has 0 bridgehead atoms. The Bertz CT molecular complexity index is 1350. The number of nitrogens with zero attached hydrogens (tertiary/aromatic N) is 3. The van der Waals surface area contributed by atoms with Gasteiger partial charge in [-0.25, -0.2) is 0 Å². The van der Waals surface area contributed by atoms with Crippen LogP contribution in [0.4, 0.5) is 11.4 Å². The van der Waals surface area contributed by atoms with Gasteiger partial charge < -0.3 is 14.6 Å². The van der Waals surface area contributed by atoms with Crippen molar-refractivity contribution in [2.75, 3.05) is 18.0 Å². The van der Waals surface area contributed by atoms with E-state index in [1.54, 1.807) is 0 Å². The lowest BCUT2D eigenvalue weighted by Gasteiger charge is -2.37. The summed E-state index contributed by atoms with van der Waals surface area (Å²) in [5.74, 6) is 0.415. The van der Waals surface area contributed by atoms with Crippen molar-refractivity contribution in [3.8, 4) is 5.75 Å². The normalized spacial score (nSPS) is 15.8. The van der Waals surface area contributed by atoms with E-state index in [9.17, 15) is 5.11 Å². The molecule has 156 valence electrons. The van der Waals surface area contributed by atoms with Gasteiger partial charge in [0.2, 0.25) is 0 Å². The summed E-state index contributed by atoms with van der Waals surface area (Å²) in [6, 6.07) is 17.1. The number of rotatable bonds is 3. The number of hydrogen-bond donors (Lipinski definition) is 1. The van der Waals surface area contributed by atoms with E-state index in [0.29, 0.717) is 5.75 Å². The van der Waals surface area contributed by atoms with E-state index in [1.165, 1.54) is 39.5 Å². The molecule has 0 unspecified atom stereocenters. The van der Waals surface area contributed by atoms with Gasteiger partial charge in [0.1, 0.15) is 5.75 Å². The largest absolute Gasteiger partial charge is 0.507 e. The molecule has 4 heteroatoms. The highest BCUT2D eigenvalue weighted by atomic mass is 16.3. The van der Waals surface area contributed by atoms with Crippen LogP contribution < -0.4 is 4.90 Å². The maximum Gasteiger partial charge on any atom is 0.129 e. The first kappa shape index (κ1) is 18.5. The van der Waals surface area contributed by atoms with Crippen LogP contribution >= 0.6 is 0 Å². The second-order valence-electron chi connectivity index (χ2n) is 8.72. The first-order chi connectivity index (χ1) is 15.2. The van der Waals surface area contributed by atoms with E-state index in [-0.39, 0.29) is 0 Å². The lowest BCUT2D eigenvalue weighted by Crippen LogP contribution is -2.34. The standard InChI is InChI=1S/C27H27N3O/c1-2-30-24-10-4-3-8-21(24)23-16-20(11-12-25(23)30)28-17-19-15-18-7-5-13-29-14-6-9-22(26(18)29)27(19)31/h3-4,8,10-12,15-17,31H,2,5-7,9,13-14H2,1H3/b28-17+. The molecular weight excluding hydrogens is 382 g/mol. The SMILES string of the molecule is CCn1c2ccccc2c2cc(/N=C/c3cc4c5c(c3O)CCCN5CCC4)ccc21. The minimum absolute atomic E-state index is 0.415. The van der Waals surface area contributed by atoms with Crippen LogP contribution in [0, 0.1) is 0 Å². The summed E-state index contributed by atoms with van der Waals surface area (Å²) >= 11 is 0. The Morgan fingerprint density at radius 1 is 0.968 bits per heavy atom. The molecule has 0 fully saturated rings. The molecule has 3 heterocycles. The number of aromatic hydroxyl groups is 1. The van der Waals surface area contributed by atoms with Crippen molar-refractivity contribution >= 4 is 39.4 Å². The van der Waals surface area contributed by atoms with Crippen molar-refractivity contribution < 1.29 is 5.11 Å². The van der Waals surface area contributed by atoms with E-state index in [0.717, 1.165) is 55.7 Å². The highest BCUT2D eigenvalue weighted by molar-refractivity contribution is 6.09. The number of phenols is 1. The second-order valence-corrected chi connectivity index (χ2v) is 8.72. The van der Waals surface area contributed by atoms with Gasteiger partial charge >= 0.3 is 0 Å². The average molecular weight is 410 g/mol. The fraction of sp³-hybridized carbons (Fsp3) is 0.296. The molecule has 1 N–H and O–H groups in total. The Morgan fingerprint density at radius 2 is 1.77 bits per heavy atom. The zero-order chi connectivity index (χ0) is 20.9. The summed E-state index contributed by atoms with van der Waals surface area (Å²) in [6.07, 6.45) is 6.18. The molecule has 4 aromatic rings. The average Bonchev–Trinajstić information content (AvgIpc) is 3.13. The summed E-state index contributed by atoms with van der Waals surface area (Å²) < 4.78 is 2.35. The number of fused-ring (bicyclic) bond motifs is 3. The van der Waals surface area contributed by atoms with Gasteiger partial charge in [-0.15, -0.1) is 0 Å². The van der Waals surface area contributed by atoms with Crippen molar-refractivity contribution in [1.82, 2.24) is 4.57 Å². The molecule has 2 aliphatic rings. The van der Waals surface area contributed by atoms with Crippen molar-refractivity contribution in [1.29, 1.82) is 0 Å². The van der Waals surface area contributed by atoms with Gasteiger partial charge in [0, 0.05) is 64.5 Å². The zero-order valence-corrected chi connectivity index (χ0v) is 17.9. The smallest absolute Gasteiger partial charge is 0.129 e. The maximum absolute atomic E-state index is 11.0. The van der Waals surface area contributed by atoms with Gasteiger partial charge in [-0.1, -0.05) is 18.2 Å². The molecule has 3 aromatic carbocycles. The highest BCUT2D eigenvalue weighted by Crippen LogP contribution is 2.41. The van der Waals surface area contributed by atoms with Gasteiger partial charge in [-0.05, 0) is 68.5 Å². The predicted octanol–water partition coefficient (Wildman–Crippen LogP) is 5.97. The van der Waals surface area contributed by atoms with Gasteiger partial charge in [0.15, 0.2) is 0 Å². The monoisotopic (exact) mass is 409 g/mol. The topological polar surface area (TPSA) is 40.8 Å². The van der Waals surface area contributed by atoms with Crippen LogP contribution in [0.3, 0.4) is 0 Å². The summed E-state index contributed by atoms with van der Waals surface area (Å²) in [6.45, 7) is 5.34.